The van der Waals surface area contributed by atoms with Crippen LogP contribution in [0.5, 0.6) is 0 Å². The SMILES string of the molecule is Cc1ccc(-c2nnnn2-c2ccc(CC(=O)O)cc2)cc1N. The summed E-state index contributed by atoms with van der Waals surface area (Å²) in [6.45, 7) is 1.93. The van der Waals surface area contributed by atoms with Gasteiger partial charge in [-0.1, -0.05) is 24.3 Å². The van der Waals surface area contributed by atoms with Crippen LogP contribution in [-0.4, -0.2) is 31.3 Å². The van der Waals surface area contributed by atoms with E-state index in [1.54, 1.807) is 28.9 Å². The molecule has 116 valence electrons. The Morgan fingerprint density at radius 3 is 2.61 bits per heavy atom. The average molecular weight is 309 g/mol. The van der Waals surface area contributed by atoms with Crippen molar-refractivity contribution in [3.05, 3.63) is 53.6 Å². The lowest BCUT2D eigenvalue weighted by Gasteiger charge is -2.07. The first-order valence-electron chi connectivity index (χ1n) is 7.00. The van der Waals surface area contributed by atoms with Gasteiger partial charge in [0.1, 0.15) is 0 Å². The van der Waals surface area contributed by atoms with Crippen molar-refractivity contribution in [3.8, 4) is 17.1 Å². The van der Waals surface area contributed by atoms with Crippen LogP contribution >= 0.6 is 0 Å². The molecule has 1 aromatic heterocycles. The fraction of sp³-hybridized carbons (Fsp3) is 0.125. The van der Waals surface area contributed by atoms with E-state index in [0.717, 1.165) is 22.4 Å². The fourth-order valence-corrected chi connectivity index (χ4v) is 2.25. The molecule has 3 rings (SSSR count). The molecule has 7 nitrogen and oxygen atoms in total. The molecule has 3 aromatic rings. The van der Waals surface area contributed by atoms with E-state index in [-0.39, 0.29) is 6.42 Å². The number of tetrazole rings is 1. The highest BCUT2D eigenvalue weighted by molar-refractivity contribution is 5.70. The van der Waals surface area contributed by atoms with Crippen molar-refractivity contribution in [1.82, 2.24) is 20.2 Å². The number of nitrogens with two attached hydrogens (primary N) is 1. The number of carboxylic acids is 1. The zero-order valence-corrected chi connectivity index (χ0v) is 12.5. The van der Waals surface area contributed by atoms with E-state index in [9.17, 15) is 4.79 Å². The second kappa shape index (κ2) is 5.88. The molecule has 0 amide bonds. The van der Waals surface area contributed by atoms with Crippen LogP contribution in [0.1, 0.15) is 11.1 Å². The number of hydrogen-bond acceptors (Lipinski definition) is 5. The van der Waals surface area contributed by atoms with Crippen LogP contribution in [0.15, 0.2) is 42.5 Å². The number of carboxylic acid groups (broad SMARTS) is 1. The molecule has 0 saturated carbocycles. The van der Waals surface area contributed by atoms with Gasteiger partial charge in [0.15, 0.2) is 5.82 Å². The van der Waals surface area contributed by atoms with E-state index < -0.39 is 5.97 Å². The number of carbonyl (C=O) groups is 1. The number of nitrogen functional groups attached to an aromatic ring is 1. The van der Waals surface area contributed by atoms with E-state index in [2.05, 4.69) is 15.5 Å². The third-order valence-corrected chi connectivity index (χ3v) is 3.54. The molecule has 3 N–H and O–H groups in total. The summed E-state index contributed by atoms with van der Waals surface area (Å²) >= 11 is 0. The molecule has 0 atom stereocenters. The maximum absolute atomic E-state index is 10.7. The van der Waals surface area contributed by atoms with E-state index in [1.165, 1.54) is 0 Å². The Morgan fingerprint density at radius 1 is 1.22 bits per heavy atom. The second-order valence-corrected chi connectivity index (χ2v) is 5.22. The highest BCUT2D eigenvalue weighted by Crippen LogP contribution is 2.23. The van der Waals surface area contributed by atoms with Crippen LogP contribution in [0.2, 0.25) is 0 Å². The largest absolute Gasteiger partial charge is 0.481 e. The summed E-state index contributed by atoms with van der Waals surface area (Å²) in [6.07, 6.45) is -0.0166. The predicted octanol–water partition coefficient (Wildman–Crippen LogP) is 1.85. The number of anilines is 1. The summed E-state index contributed by atoms with van der Waals surface area (Å²) in [5.41, 5.74) is 9.89. The molecule has 0 fully saturated rings. The van der Waals surface area contributed by atoms with Gasteiger partial charge in [-0.15, -0.1) is 5.10 Å². The third kappa shape index (κ3) is 3.03. The molecule has 0 saturated heterocycles. The quantitative estimate of drug-likeness (QED) is 0.712. The van der Waals surface area contributed by atoms with Gasteiger partial charge in [0.05, 0.1) is 12.1 Å². The number of aromatic nitrogens is 4. The molecule has 0 aliphatic rings. The van der Waals surface area contributed by atoms with Crippen molar-refractivity contribution in [2.75, 3.05) is 5.73 Å². The Morgan fingerprint density at radius 2 is 1.96 bits per heavy atom. The summed E-state index contributed by atoms with van der Waals surface area (Å²) in [5.74, 6) is -0.293. The normalized spacial score (nSPS) is 10.7. The monoisotopic (exact) mass is 309 g/mol. The van der Waals surface area contributed by atoms with E-state index >= 15 is 0 Å². The van der Waals surface area contributed by atoms with Crippen LogP contribution in [0.25, 0.3) is 17.1 Å². The minimum absolute atomic E-state index is 0.0166. The van der Waals surface area contributed by atoms with Gasteiger partial charge < -0.3 is 10.8 Å². The zero-order valence-electron chi connectivity index (χ0n) is 12.5. The predicted molar refractivity (Wildman–Crippen MR) is 85.1 cm³/mol. The molecular weight excluding hydrogens is 294 g/mol. The van der Waals surface area contributed by atoms with Crippen LogP contribution in [0, 0.1) is 6.92 Å². The molecule has 2 aromatic carbocycles. The minimum Gasteiger partial charge on any atom is -0.481 e. The van der Waals surface area contributed by atoms with Crippen molar-refractivity contribution >= 4 is 11.7 Å². The maximum atomic E-state index is 10.7. The maximum Gasteiger partial charge on any atom is 0.307 e. The molecular formula is C16H15N5O2. The summed E-state index contributed by atoms with van der Waals surface area (Å²) < 4.78 is 1.59. The zero-order chi connectivity index (χ0) is 16.4. The lowest BCUT2D eigenvalue weighted by Crippen LogP contribution is -2.03. The molecule has 23 heavy (non-hydrogen) atoms. The lowest BCUT2D eigenvalue weighted by molar-refractivity contribution is -0.136. The Bertz CT molecular complexity index is 855. The lowest BCUT2D eigenvalue weighted by atomic mass is 10.1. The number of benzene rings is 2. The summed E-state index contributed by atoms with van der Waals surface area (Å²) in [7, 11) is 0. The molecule has 0 aliphatic carbocycles. The highest BCUT2D eigenvalue weighted by Gasteiger charge is 2.12. The van der Waals surface area contributed by atoms with Gasteiger partial charge in [-0.3, -0.25) is 4.79 Å². The highest BCUT2D eigenvalue weighted by atomic mass is 16.4. The number of hydrogen-bond donors (Lipinski definition) is 2. The standard InChI is InChI=1S/C16H15N5O2/c1-10-2-5-12(9-14(10)17)16-18-19-20-21(16)13-6-3-11(4-7-13)8-15(22)23/h2-7,9H,8,17H2,1H3,(H,22,23). The smallest absolute Gasteiger partial charge is 0.307 e. The van der Waals surface area contributed by atoms with Crippen molar-refractivity contribution in [2.45, 2.75) is 13.3 Å². The van der Waals surface area contributed by atoms with Crippen molar-refractivity contribution < 1.29 is 9.90 Å². The van der Waals surface area contributed by atoms with Crippen molar-refractivity contribution in [2.24, 2.45) is 0 Å². The fourth-order valence-electron chi connectivity index (χ4n) is 2.25. The van der Waals surface area contributed by atoms with Gasteiger partial charge in [0.2, 0.25) is 0 Å². The van der Waals surface area contributed by atoms with Crippen LogP contribution in [0.4, 0.5) is 5.69 Å². The summed E-state index contributed by atoms with van der Waals surface area (Å²) in [6, 6.07) is 12.7. The first-order chi connectivity index (χ1) is 11.0. The molecule has 0 bridgehead atoms. The van der Waals surface area contributed by atoms with Gasteiger partial charge >= 0.3 is 5.97 Å². The number of rotatable bonds is 4. The Balaban J connectivity index is 1.97. The van der Waals surface area contributed by atoms with Gasteiger partial charge in [-0.25, -0.2) is 0 Å². The van der Waals surface area contributed by atoms with Gasteiger partial charge in [0.25, 0.3) is 0 Å². The number of aliphatic carboxylic acids is 1. The van der Waals surface area contributed by atoms with Crippen molar-refractivity contribution in [1.29, 1.82) is 0 Å². The molecule has 1 heterocycles. The summed E-state index contributed by atoms with van der Waals surface area (Å²) in [5, 5.41) is 20.6. The second-order valence-electron chi connectivity index (χ2n) is 5.22. The third-order valence-electron chi connectivity index (χ3n) is 3.54. The van der Waals surface area contributed by atoms with E-state index in [0.29, 0.717) is 11.5 Å². The van der Waals surface area contributed by atoms with Crippen LogP contribution in [-0.2, 0) is 11.2 Å². The number of nitrogens with zero attached hydrogens (tertiary/aromatic N) is 4. The summed E-state index contributed by atoms with van der Waals surface area (Å²) in [4.78, 5) is 10.7. The molecule has 0 radical (unpaired) electrons. The molecule has 0 unspecified atom stereocenters. The minimum atomic E-state index is -0.865. The van der Waals surface area contributed by atoms with Crippen LogP contribution in [0.3, 0.4) is 0 Å². The van der Waals surface area contributed by atoms with Gasteiger partial charge in [-0.2, -0.15) is 4.68 Å². The number of aryl methyl sites for hydroxylation is 1. The Labute approximate surface area is 132 Å². The molecule has 7 heteroatoms. The van der Waals surface area contributed by atoms with Gasteiger partial charge in [-0.05, 0) is 46.7 Å². The Kier molecular flexibility index (Phi) is 3.76. The Hall–Kier alpha value is -3.22. The molecule has 0 spiro atoms. The van der Waals surface area contributed by atoms with Crippen molar-refractivity contribution in [3.63, 3.8) is 0 Å². The average Bonchev–Trinajstić information content (AvgIpc) is 3.00. The first kappa shape index (κ1) is 14.7. The van der Waals surface area contributed by atoms with Gasteiger partial charge in [0, 0.05) is 11.3 Å². The first-order valence-corrected chi connectivity index (χ1v) is 7.00. The van der Waals surface area contributed by atoms with E-state index in [1.807, 2.05) is 25.1 Å². The topological polar surface area (TPSA) is 107 Å². The van der Waals surface area contributed by atoms with E-state index in [4.69, 9.17) is 10.8 Å². The molecule has 0 aliphatic heterocycles. The van der Waals surface area contributed by atoms with Crippen LogP contribution < -0.4 is 5.73 Å².